The van der Waals surface area contributed by atoms with Gasteiger partial charge in [0.05, 0.1) is 0 Å². The first-order chi connectivity index (χ1) is 10.1. The van der Waals surface area contributed by atoms with Crippen LogP contribution in [0.2, 0.25) is 0 Å². The van der Waals surface area contributed by atoms with Crippen molar-refractivity contribution in [2.75, 3.05) is 0 Å². The topological polar surface area (TPSA) is 88.0 Å². The van der Waals surface area contributed by atoms with Gasteiger partial charge in [0, 0.05) is 18.4 Å². The molecule has 0 aliphatic heterocycles. The van der Waals surface area contributed by atoms with Crippen molar-refractivity contribution in [2.45, 2.75) is 24.4 Å². The molecule has 2 rings (SSSR count). The number of hydrogen-bond donors (Lipinski definition) is 2. The van der Waals surface area contributed by atoms with Gasteiger partial charge in [-0.15, -0.1) is 5.10 Å². The largest absolute Gasteiger partial charge is 0.478 e. The Balaban J connectivity index is 2.16. The maximum absolute atomic E-state index is 11.5. The molecule has 7 heteroatoms. The maximum atomic E-state index is 11.5. The molecule has 1 heterocycles. The van der Waals surface area contributed by atoms with Crippen LogP contribution in [-0.4, -0.2) is 25.8 Å². The quantitative estimate of drug-likeness (QED) is 0.629. The molecular weight excluding hydrogens is 290 g/mol. The average molecular weight is 305 g/mol. The van der Waals surface area contributed by atoms with Gasteiger partial charge in [-0.3, -0.25) is 4.57 Å². The SMILES string of the molecule is CCn1c(SCc2ccccc2C=CC(=O)O)n[nH]c1=O. The van der Waals surface area contributed by atoms with Crippen molar-refractivity contribution in [2.24, 2.45) is 0 Å². The van der Waals surface area contributed by atoms with Crippen LogP contribution < -0.4 is 5.69 Å². The lowest BCUT2D eigenvalue weighted by atomic mass is 10.1. The highest BCUT2D eigenvalue weighted by molar-refractivity contribution is 7.98. The minimum Gasteiger partial charge on any atom is -0.478 e. The number of carboxylic acids is 1. The monoisotopic (exact) mass is 305 g/mol. The van der Waals surface area contributed by atoms with Gasteiger partial charge in [0.25, 0.3) is 0 Å². The smallest absolute Gasteiger partial charge is 0.343 e. The Hall–Kier alpha value is -2.28. The molecule has 0 radical (unpaired) electrons. The van der Waals surface area contributed by atoms with Crippen molar-refractivity contribution in [3.63, 3.8) is 0 Å². The lowest BCUT2D eigenvalue weighted by molar-refractivity contribution is -0.131. The lowest BCUT2D eigenvalue weighted by Gasteiger charge is -2.06. The Bertz CT molecular complexity index is 718. The zero-order valence-electron chi connectivity index (χ0n) is 11.4. The number of rotatable bonds is 6. The molecule has 0 saturated heterocycles. The molecule has 0 aliphatic carbocycles. The van der Waals surface area contributed by atoms with E-state index in [1.807, 2.05) is 31.2 Å². The number of hydrogen-bond acceptors (Lipinski definition) is 4. The summed E-state index contributed by atoms with van der Waals surface area (Å²) >= 11 is 1.43. The third-order valence-corrected chi connectivity index (χ3v) is 3.88. The number of aliphatic carboxylic acids is 1. The van der Waals surface area contributed by atoms with Gasteiger partial charge >= 0.3 is 11.7 Å². The Morgan fingerprint density at radius 2 is 2.24 bits per heavy atom. The number of nitrogens with zero attached hydrogens (tertiary/aromatic N) is 2. The number of carbonyl (C=O) groups is 1. The van der Waals surface area contributed by atoms with Gasteiger partial charge in [0.15, 0.2) is 5.16 Å². The number of carboxylic acid groups (broad SMARTS) is 1. The second kappa shape index (κ2) is 6.94. The standard InChI is InChI=1S/C14H15N3O3S/c1-2-17-13(20)15-16-14(17)21-9-11-6-4-3-5-10(11)7-8-12(18)19/h3-8H,2,9H2,1H3,(H,15,20)(H,18,19). The Labute approximate surface area is 125 Å². The van der Waals surface area contributed by atoms with Gasteiger partial charge in [-0.1, -0.05) is 36.0 Å². The van der Waals surface area contributed by atoms with Crippen molar-refractivity contribution in [3.8, 4) is 0 Å². The summed E-state index contributed by atoms with van der Waals surface area (Å²) in [7, 11) is 0. The second-order valence-corrected chi connectivity index (χ2v) is 5.16. The zero-order chi connectivity index (χ0) is 15.2. The molecule has 1 aromatic carbocycles. The number of aromatic nitrogens is 3. The fraction of sp³-hybridized carbons (Fsp3) is 0.214. The van der Waals surface area contributed by atoms with E-state index in [0.29, 0.717) is 17.5 Å². The van der Waals surface area contributed by atoms with Gasteiger partial charge < -0.3 is 5.11 Å². The molecule has 21 heavy (non-hydrogen) atoms. The third-order valence-electron chi connectivity index (χ3n) is 2.86. The first-order valence-corrected chi connectivity index (χ1v) is 7.37. The molecule has 6 nitrogen and oxygen atoms in total. The molecule has 0 atom stereocenters. The predicted molar refractivity (Wildman–Crippen MR) is 81.2 cm³/mol. The summed E-state index contributed by atoms with van der Waals surface area (Å²) < 4.78 is 1.56. The van der Waals surface area contributed by atoms with Crippen LogP contribution in [0, 0.1) is 0 Å². The summed E-state index contributed by atoms with van der Waals surface area (Å²) in [6.07, 6.45) is 2.68. The van der Waals surface area contributed by atoms with Crippen LogP contribution in [0.15, 0.2) is 40.3 Å². The molecular formula is C14H15N3O3S. The van der Waals surface area contributed by atoms with E-state index >= 15 is 0 Å². The molecule has 1 aromatic heterocycles. The van der Waals surface area contributed by atoms with Gasteiger partial charge in [0.1, 0.15) is 0 Å². The molecule has 2 N–H and O–H groups in total. The average Bonchev–Trinajstić information content (AvgIpc) is 2.83. The van der Waals surface area contributed by atoms with E-state index in [2.05, 4.69) is 10.2 Å². The number of benzene rings is 1. The molecule has 0 saturated carbocycles. The molecule has 0 aliphatic rings. The number of H-pyrrole nitrogens is 1. The van der Waals surface area contributed by atoms with Crippen LogP contribution in [-0.2, 0) is 17.1 Å². The fourth-order valence-electron chi connectivity index (χ4n) is 1.82. The summed E-state index contributed by atoms with van der Waals surface area (Å²) in [6.45, 7) is 2.43. The van der Waals surface area contributed by atoms with Crippen LogP contribution in [0.25, 0.3) is 6.08 Å². The van der Waals surface area contributed by atoms with E-state index in [0.717, 1.165) is 17.2 Å². The zero-order valence-corrected chi connectivity index (χ0v) is 12.3. The lowest BCUT2D eigenvalue weighted by Crippen LogP contribution is -2.16. The number of nitrogens with one attached hydrogen (secondary N) is 1. The minimum absolute atomic E-state index is 0.223. The van der Waals surface area contributed by atoms with E-state index in [-0.39, 0.29) is 5.69 Å². The van der Waals surface area contributed by atoms with Crippen molar-refractivity contribution in [1.82, 2.24) is 14.8 Å². The number of thioether (sulfide) groups is 1. The van der Waals surface area contributed by atoms with Gasteiger partial charge in [0.2, 0.25) is 0 Å². The molecule has 0 unspecified atom stereocenters. The molecule has 0 fully saturated rings. The van der Waals surface area contributed by atoms with Crippen molar-refractivity contribution >= 4 is 23.8 Å². The van der Waals surface area contributed by atoms with E-state index in [4.69, 9.17) is 5.11 Å². The molecule has 0 spiro atoms. The molecule has 2 aromatic rings. The first-order valence-electron chi connectivity index (χ1n) is 6.38. The Kier molecular flexibility index (Phi) is 4.99. The summed E-state index contributed by atoms with van der Waals surface area (Å²) in [6, 6.07) is 7.53. The van der Waals surface area contributed by atoms with E-state index < -0.39 is 5.97 Å². The minimum atomic E-state index is -0.982. The van der Waals surface area contributed by atoms with Crippen LogP contribution in [0.1, 0.15) is 18.1 Å². The fourth-order valence-corrected chi connectivity index (χ4v) is 2.85. The molecule has 0 amide bonds. The van der Waals surface area contributed by atoms with Crippen molar-refractivity contribution < 1.29 is 9.90 Å². The van der Waals surface area contributed by atoms with Crippen molar-refractivity contribution in [1.29, 1.82) is 0 Å². The third kappa shape index (κ3) is 3.85. The Morgan fingerprint density at radius 3 is 2.95 bits per heavy atom. The summed E-state index contributed by atoms with van der Waals surface area (Å²) in [5, 5.41) is 15.7. The van der Waals surface area contributed by atoms with Crippen LogP contribution in [0.4, 0.5) is 0 Å². The van der Waals surface area contributed by atoms with Crippen LogP contribution >= 0.6 is 11.8 Å². The highest BCUT2D eigenvalue weighted by Crippen LogP contribution is 2.22. The van der Waals surface area contributed by atoms with E-state index in [1.165, 1.54) is 11.8 Å². The first kappa shape index (κ1) is 15.1. The highest BCUT2D eigenvalue weighted by atomic mass is 32.2. The summed E-state index contributed by atoms with van der Waals surface area (Å²) in [4.78, 5) is 22.1. The summed E-state index contributed by atoms with van der Waals surface area (Å²) in [5.41, 5.74) is 1.60. The van der Waals surface area contributed by atoms with Crippen LogP contribution in [0.5, 0.6) is 0 Å². The van der Waals surface area contributed by atoms with Gasteiger partial charge in [-0.2, -0.15) is 0 Å². The number of aromatic amines is 1. The van der Waals surface area contributed by atoms with Crippen molar-refractivity contribution in [3.05, 3.63) is 52.0 Å². The van der Waals surface area contributed by atoms with E-state index in [1.54, 1.807) is 10.6 Å². The maximum Gasteiger partial charge on any atom is 0.343 e. The van der Waals surface area contributed by atoms with E-state index in [9.17, 15) is 9.59 Å². The summed E-state index contributed by atoms with van der Waals surface area (Å²) in [5.74, 6) is -0.380. The van der Waals surface area contributed by atoms with Crippen LogP contribution in [0.3, 0.4) is 0 Å². The predicted octanol–water partition coefficient (Wildman–Crippen LogP) is 1.98. The molecule has 110 valence electrons. The molecule has 0 bridgehead atoms. The normalized spacial score (nSPS) is 11.1. The van der Waals surface area contributed by atoms with Gasteiger partial charge in [-0.05, 0) is 24.1 Å². The Morgan fingerprint density at radius 1 is 1.48 bits per heavy atom. The highest BCUT2D eigenvalue weighted by Gasteiger charge is 2.08. The van der Waals surface area contributed by atoms with Gasteiger partial charge in [-0.25, -0.2) is 14.7 Å². The second-order valence-electron chi connectivity index (χ2n) is 4.21.